The summed E-state index contributed by atoms with van der Waals surface area (Å²) in [4.78, 5) is 0. The van der Waals surface area contributed by atoms with Crippen LogP contribution in [0.5, 0.6) is 5.75 Å². The molecule has 0 atom stereocenters. The summed E-state index contributed by atoms with van der Waals surface area (Å²) in [5, 5.41) is 10.7. The van der Waals surface area contributed by atoms with Crippen LogP contribution in [0.2, 0.25) is 0 Å². The Balaban J connectivity index is 1.59. The molecule has 1 aromatic heterocycles. The van der Waals surface area contributed by atoms with E-state index in [0.717, 1.165) is 35.8 Å². The number of anilines is 2. The SMILES string of the molecule is COc1cccc(CCc2cc(Nc3ccccc3)[nH]n2)c1. The summed E-state index contributed by atoms with van der Waals surface area (Å²) in [5.74, 6) is 1.80. The first-order valence-corrected chi connectivity index (χ1v) is 7.33. The standard InChI is InChI=1S/C18H19N3O/c1-22-17-9-5-6-14(12-17)10-11-16-13-18(21-20-16)19-15-7-3-2-4-8-15/h2-9,12-13H,10-11H2,1H3,(H2,19,20,21). The molecule has 0 radical (unpaired) electrons. The highest BCUT2D eigenvalue weighted by Gasteiger charge is 2.03. The largest absolute Gasteiger partial charge is 0.497 e. The highest BCUT2D eigenvalue weighted by Crippen LogP contribution is 2.17. The molecule has 2 N–H and O–H groups in total. The Morgan fingerprint density at radius 2 is 1.86 bits per heavy atom. The van der Waals surface area contributed by atoms with Gasteiger partial charge in [0.25, 0.3) is 0 Å². The number of benzene rings is 2. The van der Waals surface area contributed by atoms with Crippen molar-refractivity contribution in [1.29, 1.82) is 0 Å². The summed E-state index contributed by atoms with van der Waals surface area (Å²) in [6.07, 6.45) is 1.83. The van der Waals surface area contributed by atoms with E-state index >= 15 is 0 Å². The number of hydrogen-bond donors (Lipinski definition) is 2. The van der Waals surface area contributed by atoms with Gasteiger partial charge in [-0.25, -0.2) is 0 Å². The van der Waals surface area contributed by atoms with Crippen molar-refractivity contribution in [3.8, 4) is 5.75 Å². The molecule has 4 heteroatoms. The lowest BCUT2D eigenvalue weighted by atomic mass is 10.1. The third-order valence-corrected chi connectivity index (χ3v) is 3.49. The number of methoxy groups -OCH3 is 1. The summed E-state index contributed by atoms with van der Waals surface area (Å²) in [6.45, 7) is 0. The van der Waals surface area contributed by atoms with Crippen molar-refractivity contribution in [2.24, 2.45) is 0 Å². The molecule has 4 nitrogen and oxygen atoms in total. The molecular weight excluding hydrogens is 274 g/mol. The summed E-state index contributed by atoms with van der Waals surface area (Å²) in [7, 11) is 1.69. The van der Waals surface area contributed by atoms with Gasteiger partial charge in [-0.3, -0.25) is 5.10 Å². The summed E-state index contributed by atoms with van der Waals surface area (Å²) in [5.41, 5.74) is 3.34. The number of nitrogens with one attached hydrogen (secondary N) is 2. The zero-order valence-electron chi connectivity index (χ0n) is 12.5. The maximum atomic E-state index is 5.25. The smallest absolute Gasteiger partial charge is 0.126 e. The summed E-state index contributed by atoms with van der Waals surface area (Å²) < 4.78 is 5.25. The van der Waals surface area contributed by atoms with Crippen LogP contribution < -0.4 is 10.1 Å². The zero-order chi connectivity index (χ0) is 15.2. The highest BCUT2D eigenvalue weighted by molar-refractivity contribution is 5.55. The fraction of sp³-hybridized carbons (Fsp3) is 0.167. The van der Waals surface area contributed by atoms with E-state index in [2.05, 4.69) is 27.6 Å². The molecular formula is C18H19N3O. The Labute approximate surface area is 130 Å². The molecule has 0 saturated heterocycles. The second-order valence-corrected chi connectivity index (χ2v) is 5.12. The zero-order valence-corrected chi connectivity index (χ0v) is 12.5. The van der Waals surface area contributed by atoms with Gasteiger partial charge < -0.3 is 10.1 Å². The average Bonchev–Trinajstić information content (AvgIpc) is 3.01. The molecule has 3 rings (SSSR count). The van der Waals surface area contributed by atoms with Crippen LogP contribution in [0.15, 0.2) is 60.7 Å². The van der Waals surface area contributed by atoms with Crippen molar-refractivity contribution in [3.63, 3.8) is 0 Å². The Hall–Kier alpha value is -2.75. The van der Waals surface area contributed by atoms with Gasteiger partial charge in [-0.1, -0.05) is 30.3 Å². The van der Waals surface area contributed by atoms with Crippen molar-refractivity contribution in [2.45, 2.75) is 12.8 Å². The first-order chi connectivity index (χ1) is 10.8. The Kier molecular flexibility index (Phi) is 4.39. The molecule has 0 saturated carbocycles. The lowest BCUT2D eigenvalue weighted by molar-refractivity contribution is 0.414. The van der Waals surface area contributed by atoms with Gasteiger partial charge >= 0.3 is 0 Å². The number of para-hydroxylation sites is 1. The molecule has 0 aliphatic heterocycles. The molecule has 1 heterocycles. The second-order valence-electron chi connectivity index (χ2n) is 5.12. The number of nitrogens with zero attached hydrogens (tertiary/aromatic N) is 1. The number of aromatic amines is 1. The van der Waals surface area contributed by atoms with Crippen LogP contribution in [0, 0.1) is 0 Å². The van der Waals surface area contributed by atoms with E-state index in [1.54, 1.807) is 7.11 Å². The molecule has 0 spiro atoms. The number of hydrogen-bond acceptors (Lipinski definition) is 3. The van der Waals surface area contributed by atoms with Gasteiger partial charge in [0.1, 0.15) is 11.6 Å². The third-order valence-electron chi connectivity index (χ3n) is 3.49. The third kappa shape index (κ3) is 3.67. The Morgan fingerprint density at radius 1 is 1.00 bits per heavy atom. The van der Waals surface area contributed by atoms with Gasteiger partial charge in [0.05, 0.1) is 12.8 Å². The van der Waals surface area contributed by atoms with Crippen LogP contribution in [0.25, 0.3) is 0 Å². The lowest BCUT2D eigenvalue weighted by Crippen LogP contribution is -1.92. The van der Waals surface area contributed by atoms with Crippen molar-refractivity contribution >= 4 is 11.5 Å². The lowest BCUT2D eigenvalue weighted by Gasteiger charge is -2.03. The molecule has 0 amide bonds. The molecule has 0 aliphatic carbocycles. The number of aromatic nitrogens is 2. The fourth-order valence-electron chi connectivity index (χ4n) is 2.33. The molecule has 22 heavy (non-hydrogen) atoms. The highest BCUT2D eigenvalue weighted by atomic mass is 16.5. The van der Waals surface area contributed by atoms with Crippen LogP contribution in [0.1, 0.15) is 11.3 Å². The second kappa shape index (κ2) is 6.80. The van der Waals surface area contributed by atoms with Gasteiger partial charge in [-0.05, 0) is 42.7 Å². The van der Waals surface area contributed by atoms with E-state index in [0.29, 0.717) is 0 Å². The van der Waals surface area contributed by atoms with Crippen LogP contribution in [0.4, 0.5) is 11.5 Å². The molecule has 0 aliphatic rings. The maximum absolute atomic E-state index is 5.25. The van der Waals surface area contributed by atoms with Crippen LogP contribution in [-0.2, 0) is 12.8 Å². The van der Waals surface area contributed by atoms with E-state index in [1.807, 2.05) is 48.5 Å². The van der Waals surface area contributed by atoms with E-state index < -0.39 is 0 Å². The predicted octanol–water partition coefficient (Wildman–Crippen LogP) is 3.95. The van der Waals surface area contributed by atoms with Crippen LogP contribution in [0.3, 0.4) is 0 Å². The molecule has 0 bridgehead atoms. The fourth-order valence-corrected chi connectivity index (χ4v) is 2.33. The first kappa shape index (κ1) is 14.2. The van der Waals surface area contributed by atoms with E-state index in [-0.39, 0.29) is 0 Å². The average molecular weight is 293 g/mol. The molecule has 3 aromatic rings. The maximum Gasteiger partial charge on any atom is 0.126 e. The Bertz CT molecular complexity index is 722. The summed E-state index contributed by atoms with van der Waals surface area (Å²) >= 11 is 0. The monoisotopic (exact) mass is 293 g/mol. The van der Waals surface area contributed by atoms with Gasteiger partial charge in [0.2, 0.25) is 0 Å². The first-order valence-electron chi connectivity index (χ1n) is 7.33. The summed E-state index contributed by atoms with van der Waals surface area (Å²) in [6, 6.07) is 20.2. The van der Waals surface area contributed by atoms with Crippen molar-refractivity contribution in [1.82, 2.24) is 10.2 Å². The van der Waals surface area contributed by atoms with Crippen LogP contribution >= 0.6 is 0 Å². The van der Waals surface area contributed by atoms with Crippen LogP contribution in [-0.4, -0.2) is 17.3 Å². The van der Waals surface area contributed by atoms with Crippen molar-refractivity contribution in [3.05, 3.63) is 71.9 Å². The predicted molar refractivity (Wildman–Crippen MR) is 88.7 cm³/mol. The van der Waals surface area contributed by atoms with Crippen molar-refractivity contribution in [2.75, 3.05) is 12.4 Å². The van der Waals surface area contributed by atoms with Gasteiger partial charge in [-0.15, -0.1) is 0 Å². The van der Waals surface area contributed by atoms with E-state index in [4.69, 9.17) is 4.74 Å². The number of aryl methyl sites for hydroxylation is 2. The quantitative estimate of drug-likeness (QED) is 0.723. The van der Waals surface area contributed by atoms with E-state index in [9.17, 15) is 0 Å². The van der Waals surface area contributed by atoms with E-state index in [1.165, 1.54) is 5.56 Å². The number of ether oxygens (including phenoxy) is 1. The molecule has 0 fully saturated rings. The topological polar surface area (TPSA) is 49.9 Å². The van der Waals surface area contributed by atoms with Gasteiger partial charge in [-0.2, -0.15) is 5.10 Å². The molecule has 2 aromatic carbocycles. The molecule has 112 valence electrons. The Morgan fingerprint density at radius 3 is 2.68 bits per heavy atom. The minimum absolute atomic E-state index is 0.889. The van der Waals surface area contributed by atoms with Gasteiger partial charge in [0.15, 0.2) is 0 Å². The minimum atomic E-state index is 0.889. The number of rotatable bonds is 6. The van der Waals surface area contributed by atoms with Crippen molar-refractivity contribution < 1.29 is 4.74 Å². The minimum Gasteiger partial charge on any atom is -0.497 e. The normalized spacial score (nSPS) is 10.4. The number of H-pyrrole nitrogens is 1. The molecule has 0 unspecified atom stereocenters. The van der Waals surface area contributed by atoms with Gasteiger partial charge in [0, 0.05) is 11.8 Å².